The van der Waals surface area contributed by atoms with Gasteiger partial charge < -0.3 is 47.6 Å². The van der Waals surface area contributed by atoms with Crippen LogP contribution in [-0.4, -0.2) is 98.8 Å². The number of alkyl halides is 1. The molecule has 4 aliphatic rings. The van der Waals surface area contributed by atoms with Crippen molar-refractivity contribution in [3.05, 3.63) is 94.0 Å². The van der Waals surface area contributed by atoms with Crippen LogP contribution in [-0.2, 0) is 35.3 Å². The van der Waals surface area contributed by atoms with Gasteiger partial charge in [0, 0.05) is 31.2 Å². The zero-order valence-electron chi connectivity index (χ0n) is 31.7. The fourth-order valence-electron chi connectivity index (χ4n) is 8.75. The quantitative estimate of drug-likeness (QED) is 0.137. The Balaban J connectivity index is 1.53. The van der Waals surface area contributed by atoms with Gasteiger partial charge in [-0.2, -0.15) is 0 Å². The standard InChI is InChI=1S/C42H45ClN2O10/c1-44(22-38(46)47)14-12-27-19-34(51-4)36-21-30(27)31(44)16-25-6-9-29(10-7-25)54-35-18-26(8-11-33(35)50-3)17-32-40-28(13-15-45(32,2)23-39(48)49)20-37(52-5)41(53-24-43)42(40)55-36/h6-11,18-21,31-32H,12-17,22-24H2,1-5H3/p+2. The van der Waals surface area contributed by atoms with Crippen LogP contribution in [0.4, 0.5) is 0 Å². The Labute approximate surface area is 325 Å². The second-order valence-corrected chi connectivity index (χ2v) is 15.3. The summed E-state index contributed by atoms with van der Waals surface area (Å²) in [7, 11) is 8.68. The number of quaternary nitrogens is 2. The molecule has 4 aromatic rings. The van der Waals surface area contributed by atoms with Crippen molar-refractivity contribution in [1.82, 2.24) is 0 Å². The summed E-state index contributed by atoms with van der Waals surface area (Å²) < 4.78 is 37.7. The minimum absolute atomic E-state index is 0.0669. The average Bonchev–Trinajstić information content (AvgIpc) is 3.14. The number of nitrogens with zero attached hydrogens (tertiary/aromatic N) is 2. The molecule has 4 heterocycles. The molecule has 6 bridgehead atoms. The monoisotopic (exact) mass is 774 g/mol. The van der Waals surface area contributed by atoms with Crippen LogP contribution in [0.25, 0.3) is 0 Å². The normalized spacial score (nSPS) is 22.5. The van der Waals surface area contributed by atoms with E-state index < -0.39 is 18.0 Å². The molecule has 0 radical (unpaired) electrons. The van der Waals surface area contributed by atoms with Gasteiger partial charge in [-0.3, -0.25) is 0 Å². The first kappa shape index (κ1) is 38.1. The molecule has 0 saturated heterocycles. The first-order chi connectivity index (χ1) is 26.4. The van der Waals surface area contributed by atoms with E-state index >= 15 is 0 Å². The molecule has 0 amide bonds. The van der Waals surface area contributed by atoms with Crippen LogP contribution < -0.4 is 28.4 Å². The molecule has 0 aromatic heterocycles. The molecule has 2 N–H and O–H groups in total. The molecule has 0 aliphatic carbocycles. The van der Waals surface area contributed by atoms with Crippen LogP contribution in [0.5, 0.6) is 46.0 Å². The lowest BCUT2D eigenvalue weighted by Gasteiger charge is -2.45. The van der Waals surface area contributed by atoms with Crippen molar-refractivity contribution < 1.29 is 57.2 Å². The van der Waals surface area contributed by atoms with Crippen LogP contribution >= 0.6 is 11.6 Å². The molecule has 55 heavy (non-hydrogen) atoms. The van der Waals surface area contributed by atoms with Gasteiger partial charge in [0.2, 0.25) is 5.75 Å². The van der Waals surface area contributed by atoms with Crippen molar-refractivity contribution >= 4 is 23.5 Å². The number of carbonyl (C=O) groups is 2. The van der Waals surface area contributed by atoms with Crippen LogP contribution in [0.3, 0.4) is 0 Å². The predicted molar refractivity (Wildman–Crippen MR) is 204 cm³/mol. The Bertz CT molecular complexity index is 2120. The van der Waals surface area contributed by atoms with Gasteiger partial charge in [-0.15, -0.1) is 0 Å². The van der Waals surface area contributed by atoms with Gasteiger partial charge in [0.05, 0.1) is 54.1 Å². The van der Waals surface area contributed by atoms with Crippen molar-refractivity contribution in [2.45, 2.75) is 37.8 Å². The van der Waals surface area contributed by atoms with E-state index in [-0.39, 0.29) is 39.9 Å². The number of ether oxygens (including phenoxy) is 6. The first-order valence-electron chi connectivity index (χ1n) is 18.3. The Hall–Kier alpha value is -5.17. The zero-order valence-corrected chi connectivity index (χ0v) is 32.5. The lowest BCUT2D eigenvalue weighted by molar-refractivity contribution is -0.934. The number of methoxy groups -OCH3 is 3. The third-order valence-electron chi connectivity index (χ3n) is 11.6. The second-order valence-electron chi connectivity index (χ2n) is 15.0. The van der Waals surface area contributed by atoms with E-state index in [1.54, 1.807) is 21.3 Å². The third-order valence-corrected chi connectivity index (χ3v) is 11.7. The summed E-state index contributed by atoms with van der Waals surface area (Å²) in [6, 6.07) is 18.6. The molecule has 4 atom stereocenters. The molecule has 8 rings (SSSR count). The van der Waals surface area contributed by atoms with E-state index in [1.165, 1.54) is 0 Å². The SMILES string of the molecule is COc1ccc2cc1Oc1ccc(cc1)CC1c3cc(c(OC)cc3CC[N+]1(C)CC(=O)O)Oc1c(OCCl)c(OC)cc3c1C(C2)[N+](C)(CC(=O)O)CC3. The Morgan fingerprint density at radius 3 is 1.95 bits per heavy atom. The smallest absolute Gasteiger partial charge is 0.359 e. The van der Waals surface area contributed by atoms with Crippen molar-refractivity contribution in [1.29, 1.82) is 0 Å². The molecular weight excluding hydrogens is 728 g/mol. The van der Waals surface area contributed by atoms with E-state index in [9.17, 15) is 19.8 Å². The molecule has 4 unspecified atom stereocenters. The summed E-state index contributed by atoms with van der Waals surface area (Å²) in [6.07, 6.45) is 2.14. The molecule has 290 valence electrons. The first-order valence-corrected chi connectivity index (χ1v) is 18.8. The highest BCUT2D eigenvalue weighted by Gasteiger charge is 2.46. The third kappa shape index (κ3) is 7.33. The predicted octanol–water partition coefficient (Wildman–Crippen LogP) is 6.93. The number of halogens is 1. The summed E-state index contributed by atoms with van der Waals surface area (Å²) in [5, 5.41) is 20.4. The molecule has 0 saturated carbocycles. The van der Waals surface area contributed by atoms with Crippen molar-refractivity contribution in [3.63, 3.8) is 0 Å². The van der Waals surface area contributed by atoms with Crippen LogP contribution in [0.1, 0.15) is 45.5 Å². The Morgan fingerprint density at radius 2 is 1.31 bits per heavy atom. The molecule has 0 spiro atoms. The summed E-state index contributed by atoms with van der Waals surface area (Å²) in [5.41, 5.74) is 5.60. The lowest BCUT2D eigenvalue weighted by Crippen LogP contribution is -2.54. The fraction of sp³-hybridized carbons (Fsp3) is 0.381. The summed E-state index contributed by atoms with van der Waals surface area (Å²) in [5.74, 6) is 1.81. The number of hydrogen-bond acceptors (Lipinski definition) is 8. The second kappa shape index (κ2) is 15.2. The largest absolute Gasteiger partial charge is 0.493 e. The maximum absolute atomic E-state index is 12.5. The lowest BCUT2D eigenvalue weighted by atomic mass is 9.85. The number of aliphatic carboxylic acids is 2. The van der Waals surface area contributed by atoms with Crippen LogP contribution in [0, 0.1) is 0 Å². The summed E-state index contributed by atoms with van der Waals surface area (Å²) in [4.78, 5) is 24.9. The van der Waals surface area contributed by atoms with E-state index in [2.05, 4.69) is 0 Å². The molecule has 12 nitrogen and oxygen atoms in total. The topological polar surface area (TPSA) is 130 Å². The van der Waals surface area contributed by atoms with Gasteiger partial charge in [0.25, 0.3) is 0 Å². The van der Waals surface area contributed by atoms with Crippen molar-refractivity contribution in [3.8, 4) is 46.0 Å². The number of fused-ring (bicyclic) bond motifs is 2. The van der Waals surface area contributed by atoms with E-state index in [0.29, 0.717) is 79.0 Å². The molecule has 4 aromatic carbocycles. The molecule has 4 aliphatic heterocycles. The van der Waals surface area contributed by atoms with Crippen LogP contribution in [0.15, 0.2) is 60.7 Å². The highest BCUT2D eigenvalue weighted by molar-refractivity contribution is 6.17. The zero-order chi connectivity index (χ0) is 39.1. The number of rotatable bonds is 9. The van der Waals surface area contributed by atoms with Gasteiger partial charge in [-0.25, -0.2) is 9.59 Å². The highest BCUT2D eigenvalue weighted by Crippen LogP contribution is 2.54. The number of carboxylic acid groups (broad SMARTS) is 2. The van der Waals surface area contributed by atoms with Gasteiger partial charge in [0.15, 0.2) is 53.7 Å². The Kier molecular flexibility index (Phi) is 10.5. The van der Waals surface area contributed by atoms with Crippen LogP contribution in [0.2, 0.25) is 0 Å². The fourth-order valence-corrected chi connectivity index (χ4v) is 8.86. The van der Waals surface area contributed by atoms with Crippen molar-refractivity contribution in [2.75, 3.05) is 67.7 Å². The van der Waals surface area contributed by atoms with Gasteiger partial charge in [0.1, 0.15) is 17.8 Å². The maximum atomic E-state index is 12.5. The highest BCUT2D eigenvalue weighted by atomic mass is 35.5. The van der Waals surface area contributed by atoms with Gasteiger partial charge in [-0.1, -0.05) is 29.8 Å². The van der Waals surface area contributed by atoms with E-state index in [0.717, 1.165) is 33.4 Å². The number of benzene rings is 4. The summed E-state index contributed by atoms with van der Waals surface area (Å²) >= 11 is 6.28. The molecular formula is C42H47ClN2O10+2. The van der Waals surface area contributed by atoms with Gasteiger partial charge in [-0.05, 0) is 64.7 Å². The van der Waals surface area contributed by atoms with Gasteiger partial charge >= 0.3 is 11.9 Å². The summed E-state index contributed by atoms with van der Waals surface area (Å²) in [6.45, 7) is 0.946. The molecule has 13 heteroatoms. The minimum Gasteiger partial charge on any atom is -0.493 e. The Morgan fingerprint density at radius 1 is 0.727 bits per heavy atom. The maximum Gasteiger partial charge on any atom is 0.359 e. The average molecular weight is 775 g/mol. The van der Waals surface area contributed by atoms with E-state index in [4.69, 9.17) is 40.0 Å². The minimum atomic E-state index is -0.925. The van der Waals surface area contributed by atoms with Crippen molar-refractivity contribution in [2.24, 2.45) is 0 Å². The number of hydrogen-bond donors (Lipinski definition) is 2. The number of likely N-dealkylation sites (N-methyl/N-ethyl adjacent to an activating group) is 2. The van der Waals surface area contributed by atoms with E-state index in [1.807, 2.05) is 74.8 Å². The molecule has 0 fully saturated rings. The number of carboxylic acids is 2.